The third kappa shape index (κ3) is 5.44. The summed E-state index contributed by atoms with van der Waals surface area (Å²) in [5.74, 6) is -2.64. The van der Waals surface area contributed by atoms with Crippen LogP contribution in [0.4, 0.5) is 5.69 Å². The standard InChI is InChI=1S/C21H20BrN3O5/c1-13-2-8-17(9-3-13)25-11-15(10-19(25)27)21(29)30-12-18(26)23-24-20(28)14-4-6-16(22)7-5-14/h2-9,15H,10-12H2,1H3,(H,23,26)(H,24,28)/t15-/m0/s1. The molecule has 3 amide bonds. The maximum Gasteiger partial charge on any atom is 0.311 e. The summed E-state index contributed by atoms with van der Waals surface area (Å²) in [6, 6.07) is 14.0. The fourth-order valence-corrected chi connectivity index (χ4v) is 3.19. The lowest BCUT2D eigenvalue weighted by molar-refractivity contribution is -0.152. The second-order valence-corrected chi connectivity index (χ2v) is 7.77. The molecule has 2 aromatic rings. The summed E-state index contributed by atoms with van der Waals surface area (Å²) in [6.45, 7) is 1.58. The highest BCUT2D eigenvalue weighted by Gasteiger charge is 2.36. The van der Waals surface area contributed by atoms with E-state index in [2.05, 4.69) is 26.8 Å². The molecule has 30 heavy (non-hydrogen) atoms. The quantitative estimate of drug-likeness (QED) is 0.511. The van der Waals surface area contributed by atoms with Crippen LogP contribution in [-0.2, 0) is 19.1 Å². The molecule has 0 unspecified atom stereocenters. The molecule has 1 fully saturated rings. The first-order valence-electron chi connectivity index (χ1n) is 9.22. The first kappa shape index (κ1) is 21.5. The summed E-state index contributed by atoms with van der Waals surface area (Å²) >= 11 is 3.27. The Morgan fingerprint density at radius 2 is 1.73 bits per heavy atom. The Labute approximate surface area is 181 Å². The van der Waals surface area contributed by atoms with E-state index in [4.69, 9.17) is 4.74 Å². The number of amides is 3. The van der Waals surface area contributed by atoms with Crippen molar-refractivity contribution in [3.8, 4) is 0 Å². The molecule has 156 valence electrons. The first-order valence-corrected chi connectivity index (χ1v) is 10.0. The van der Waals surface area contributed by atoms with E-state index >= 15 is 0 Å². The molecular formula is C21H20BrN3O5. The number of hydrazine groups is 1. The molecule has 0 saturated carbocycles. The van der Waals surface area contributed by atoms with Gasteiger partial charge in [-0.2, -0.15) is 0 Å². The topological polar surface area (TPSA) is 105 Å². The number of nitrogens with zero attached hydrogens (tertiary/aromatic N) is 1. The summed E-state index contributed by atoms with van der Waals surface area (Å²) in [6.07, 6.45) is 0.0225. The molecule has 1 heterocycles. The summed E-state index contributed by atoms with van der Waals surface area (Å²) < 4.78 is 5.83. The van der Waals surface area contributed by atoms with Crippen molar-refractivity contribution in [1.82, 2.24) is 10.9 Å². The van der Waals surface area contributed by atoms with Gasteiger partial charge in [0.25, 0.3) is 11.8 Å². The average Bonchev–Trinajstić information content (AvgIpc) is 3.13. The van der Waals surface area contributed by atoms with Crippen LogP contribution < -0.4 is 15.8 Å². The van der Waals surface area contributed by atoms with E-state index in [-0.39, 0.29) is 18.9 Å². The predicted molar refractivity (Wildman–Crippen MR) is 112 cm³/mol. The second-order valence-electron chi connectivity index (χ2n) is 6.86. The molecule has 2 N–H and O–H groups in total. The number of nitrogens with one attached hydrogen (secondary N) is 2. The molecule has 1 aliphatic heterocycles. The van der Waals surface area contributed by atoms with Gasteiger partial charge in [0.2, 0.25) is 5.91 Å². The zero-order chi connectivity index (χ0) is 21.7. The third-order valence-electron chi connectivity index (χ3n) is 4.57. The van der Waals surface area contributed by atoms with Crippen molar-refractivity contribution in [2.75, 3.05) is 18.1 Å². The molecule has 1 aliphatic rings. The smallest absolute Gasteiger partial charge is 0.311 e. The van der Waals surface area contributed by atoms with Crippen LogP contribution in [0.3, 0.4) is 0 Å². The van der Waals surface area contributed by atoms with Gasteiger partial charge in [-0.15, -0.1) is 0 Å². The molecule has 1 atom stereocenters. The zero-order valence-electron chi connectivity index (χ0n) is 16.2. The van der Waals surface area contributed by atoms with Crippen LogP contribution in [0.1, 0.15) is 22.3 Å². The molecular weight excluding hydrogens is 454 g/mol. The molecule has 9 heteroatoms. The van der Waals surface area contributed by atoms with Crippen molar-refractivity contribution in [3.63, 3.8) is 0 Å². The number of carbonyl (C=O) groups excluding carboxylic acids is 4. The van der Waals surface area contributed by atoms with Gasteiger partial charge in [-0.1, -0.05) is 33.6 Å². The summed E-state index contributed by atoms with van der Waals surface area (Å²) in [5, 5.41) is 0. The average molecular weight is 474 g/mol. The van der Waals surface area contributed by atoms with Crippen LogP contribution in [-0.4, -0.2) is 36.8 Å². The number of esters is 1. The number of aryl methyl sites for hydroxylation is 1. The minimum absolute atomic E-state index is 0.0225. The number of halogens is 1. The molecule has 8 nitrogen and oxygen atoms in total. The number of hydrogen-bond donors (Lipinski definition) is 2. The molecule has 2 aromatic carbocycles. The highest BCUT2D eigenvalue weighted by molar-refractivity contribution is 9.10. The number of carbonyl (C=O) groups is 4. The van der Waals surface area contributed by atoms with Gasteiger partial charge in [0, 0.05) is 28.7 Å². The van der Waals surface area contributed by atoms with E-state index in [0.717, 1.165) is 10.0 Å². The lowest BCUT2D eigenvalue weighted by Crippen LogP contribution is -2.43. The Hall–Kier alpha value is -3.20. The van der Waals surface area contributed by atoms with Crippen LogP contribution >= 0.6 is 15.9 Å². The molecule has 0 radical (unpaired) electrons. The van der Waals surface area contributed by atoms with Gasteiger partial charge in [-0.25, -0.2) is 0 Å². The van der Waals surface area contributed by atoms with E-state index < -0.39 is 30.3 Å². The predicted octanol–water partition coefficient (Wildman–Crippen LogP) is 2.11. The molecule has 1 saturated heterocycles. The fourth-order valence-electron chi connectivity index (χ4n) is 2.93. The van der Waals surface area contributed by atoms with Gasteiger partial charge in [0.1, 0.15) is 0 Å². The van der Waals surface area contributed by atoms with E-state index in [1.54, 1.807) is 24.3 Å². The highest BCUT2D eigenvalue weighted by Crippen LogP contribution is 2.26. The van der Waals surface area contributed by atoms with Crippen LogP contribution in [0.15, 0.2) is 53.0 Å². The monoisotopic (exact) mass is 473 g/mol. The maximum absolute atomic E-state index is 12.2. The zero-order valence-corrected chi connectivity index (χ0v) is 17.8. The number of anilines is 1. The van der Waals surface area contributed by atoms with Gasteiger partial charge in [-0.3, -0.25) is 30.0 Å². The number of hydrogen-bond acceptors (Lipinski definition) is 5. The van der Waals surface area contributed by atoms with Gasteiger partial charge in [0.15, 0.2) is 6.61 Å². The van der Waals surface area contributed by atoms with Crippen LogP contribution in [0.2, 0.25) is 0 Å². The Bertz CT molecular complexity index is 960. The van der Waals surface area contributed by atoms with Crippen LogP contribution in [0, 0.1) is 12.8 Å². The largest absolute Gasteiger partial charge is 0.455 e. The minimum Gasteiger partial charge on any atom is -0.455 e. The summed E-state index contributed by atoms with van der Waals surface area (Å²) in [4.78, 5) is 49.8. The van der Waals surface area contributed by atoms with Crippen LogP contribution in [0.5, 0.6) is 0 Å². The van der Waals surface area contributed by atoms with Gasteiger partial charge < -0.3 is 9.64 Å². The number of ether oxygens (including phenoxy) is 1. The molecule has 0 bridgehead atoms. The number of rotatable bonds is 5. The van der Waals surface area contributed by atoms with Gasteiger partial charge in [0.05, 0.1) is 5.92 Å². The van der Waals surface area contributed by atoms with Crippen molar-refractivity contribution in [3.05, 3.63) is 64.1 Å². The number of benzene rings is 2. The van der Waals surface area contributed by atoms with E-state index in [1.807, 2.05) is 31.2 Å². The lowest BCUT2D eigenvalue weighted by atomic mass is 10.1. The van der Waals surface area contributed by atoms with E-state index in [0.29, 0.717) is 11.3 Å². The highest BCUT2D eigenvalue weighted by atomic mass is 79.9. The van der Waals surface area contributed by atoms with Crippen molar-refractivity contribution >= 4 is 45.3 Å². The second kappa shape index (κ2) is 9.53. The van der Waals surface area contributed by atoms with Crippen molar-refractivity contribution in [1.29, 1.82) is 0 Å². The third-order valence-corrected chi connectivity index (χ3v) is 5.10. The Balaban J connectivity index is 1.44. The van der Waals surface area contributed by atoms with Crippen molar-refractivity contribution in [2.45, 2.75) is 13.3 Å². The molecule has 3 rings (SSSR count). The molecule has 0 aliphatic carbocycles. The SMILES string of the molecule is Cc1ccc(N2C[C@@H](C(=O)OCC(=O)NNC(=O)c3ccc(Br)cc3)CC2=O)cc1. The molecule has 0 aromatic heterocycles. The van der Waals surface area contributed by atoms with Crippen molar-refractivity contribution < 1.29 is 23.9 Å². The Kier molecular flexibility index (Phi) is 6.83. The fraction of sp³-hybridized carbons (Fsp3) is 0.238. The molecule has 0 spiro atoms. The Morgan fingerprint density at radius 3 is 2.40 bits per heavy atom. The minimum atomic E-state index is -0.687. The van der Waals surface area contributed by atoms with Gasteiger partial charge in [-0.05, 0) is 43.3 Å². The van der Waals surface area contributed by atoms with Crippen LogP contribution in [0.25, 0.3) is 0 Å². The first-order chi connectivity index (χ1) is 14.3. The van der Waals surface area contributed by atoms with Crippen molar-refractivity contribution in [2.24, 2.45) is 5.92 Å². The maximum atomic E-state index is 12.2. The van der Waals surface area contributed by atoms with Gasteiger partial charge >= 0.3 is 5.97 Å². The van der Waals surface area contributed by atoms with E-state index in [1.165, 1.54) is 4.90 Å². The summed E-state index contributed by atoms with van der Waals surface area (Å²) in [7, 11) is 0. The summed E-state index contributed by atoms with van der Waals surface area (Å²) in [5.41, 5.74) is 6.57. The van der Waals surface area contributed by atoms with E-state index in [9.17, 15) is 19.2 Å². The lowest BCUT2D eigenvalue weighted by Gasteiger charge is -2.16. The Morgan fingerprint density at radius 1 is 1.07 bits per heavy atom. The normalized spacial score (nSPS) is 15.6.